The molecule has 1 aliphatic rings. The standard InChI is InChI=1S/C22H26N6O4S/c1-3-28(4-2)33(31,32)16-6-7-19-17(14-16)18(15-20(29)25-19)21(30)26-10-12-27(13-11-26)22-23-8-5-9-24-22/h5-9,14-15H,3-4,10-13H2,1-2H3,(H,25,29). The topological polar surface area (TPSA) is 120 Å². The maximum atomic E-state index is 13.4. The summed E-state index contributed by atoms with van der Waals surface area (Å²) in [5.74, 6) is 0.301. The van der Waals surface area contributed by atoms with Gasteiger partial charge in [-0.1, -0.05) is 13.8 Å². The van der Waals surface area contributed by atoms with E-state index < -0.39 is 15.6 Å². The van der Waals surface area contributed by atoms with E-state index in [0.29, 0.717) is 56.1 Å². The molecule has 0 atom stereocenters. The Labute approximate surface area is 191 Å². The molecule has 4 rings (SSSR count). The second-order valence-corrected chi connectivity index (χ2v) is 9.61. The van der Waals surface area contributed by atoms with Gasteiger partial charge in [-0.3, -0.25) is 9.59 Å². The van der Waals surface area contributed by atoms with E-state index in [1.807, 2.05) is 4.90 Å². The number of nitrogens with zero attached hydrogens (tertiary/aromatic N) is 5. The van der Waals surface area contributed by atoms with E-state index >= 15 is 0 Å². The van der Waals surface area contributed by atoms with Gasteiger partial charge in [0.25, 0.3) is 5.91 Å². The molecule has 0 radical (unpaired) electrons. The molecule has 0 aliphatic carbocycles. The summed E-state index contributed by atoms with van der Waals surface area (Å²) in [5.41, 5.74) is 0.192. The van der Waals surface area contributed by atoms with Gasteiger partial charge in [-0.15, -0.1) is 0 Å². The molecule has 0 unspecified atom stereocenters. The molecule has 3 aromatic rings. The van der Waals surface area contributed by atoms with E-state index in [2.05, 4.69) is 15.0 Å². The van der Waals surface area contributed by atoms with Crippen LogP contribution in [0.15, 0.2) is 52.4 Å². The summed E-state index contributed by atoms with van der Waals surface area (Å²) in [7, 11) is -3.71. The molecule has 174 valence electrons. The molecule has 1 fully saturated rings. The van der Waals surface area contributed by atoms with Crippen molar-refractivity contribution < 1.29 is 13.2 Å². The van der Waals surface area contributed by atoms with Crippen LogP contribution in [-0.4, -0.2) is 77.8 Å². The molecule has 2 aromatic heterocycles. The lowest BCUT2D eigenvalue weighted by Crippen LogP contribution is -2.49. The number of amides is 1. The van der Waals surface area contributed by atoms with Gasteiger partial charge in [-0.05, 0) is 24.3 Å². The molecule has 0 bridgehead atoms. The van der Waals surface area contributed by atoms with Gasteiger partial charge >= 0.3 is 0 Å². The quantitative estimate of drug-likeness (QED) is 0.577. The van der Waals surface area contributed by atoms with Crippen molar-refractivity contribution in [2.75, 3.05) is 44.2 Å². The van der Waals surface area contributed by atoms with Crippen LogP contribution >= 0.6 is 0 Å². The predicted octanol–water partition coefficient (Wildman–Crippen LogP) is 1.31. The zero-order valence-corrected chi connectivity index (χ0v) is 19.4. The number of benzene rings is 1. The second-order valence-electron chi connectivity index (χ2n) is 7.67. The van der Waals surface area contributed by atoms with Gasteiger partial charge in [0.05, 0.1) is 10.5 Å². The van der Waals surface area contributed by atoms with Crippen LogP contribution in [0, 0.1) is 0 Å². The molecule has 1 aromatic carbocycles. The maximum absolute atomic E-state index is 13.4. The van der Waals surface area contributed by atoms with Gasteiger partial charge < -0.3 is 14.8 Å². The zero-order valence-electron chi connectivity index (χ0n) is 18.6. The van der Waals surface area contributed by atoms with E-state index in [1.165, 1.54) is 28.6 Å². The SMILES string of the molecule is CCN(CC)S(=O)(=O)c1ccc2[nH]c(=O)cc(C(=O)N3CCN(c4ncccn4)CC3)c2c1. The van der Waals surface area contributed by atoms with E-state index in [-0.39, 0.29) is 16.4 Å². The number of nitrogens with one attached hydrogen (secondary N) is 1. The average molecular weight is 471 g/mol. The number of aromatic amines is 1. The van der Waals surface area contributed by atoms with E-state index in [0.717, 1.165) is 0 Å². The molecule has 33 heavy (non-hydrogen) atoms. The van der Waals surface area contributed by atoms with Crippen LogP contribution in [0.5, 0.6) is 0 Å². The summed E-state index contributed by atoms with van der Waals surface area (Å²) in [5, 5.41) is 0.404. The third-order valence-corrected chi connectivity index (χ3v) is 7.84. The van der Waals surface area contributed by atoms with E-state index in [9.17, 15) is 18.0 Å². The van der Waals surface area contributed by atoms with Crippen LogP contribution in [0.3, 0.4) is 0 Å². The van der Waals surface area contributed by atoms with Crippen LogP contribution in [0.25, 0.3) is 10.9 Å². The van der Waals surface area contributed by atoms with Crippen LogP contribution in [0.2, 0.25) is 0 Å². The van der Waals surface area contributed by atoms with Gasteiger partial charge in [0.15, 0.2) is 0 Å². The summed E-state index contributed by atoms with van der Waals surface area (Å²) in [6, 6.07) is 7.45. The number of aromatic nitrogens is 3. The van der Waals surface area contributed by atoms with Crippen molar-refractivity contribution in [3.05, 3.63) is 58.6 Å². The second kappa shape index (κ2) is 9.28. The first kappa shape index (κ1) is 22.9. The molecule has 1 aliphatic heterocycles. The Balaban J connectivity index is 1.66. The number of sulfonamides is 1. The minimum atomic E-state index is -3.71. The maximum Gasteiger partial charge on any atom is 0.254 e. The van der Waals surface area contributed by atoms with Gasteiger partial charge in [-0.25, -0.2) is 18.4 Å². The monoisotopic (exact) mass is 470 g/mol. The number of piperazine rings is 1. The summed E-state index contributed by atoms with van der Waals surface area (Å²) in [6.07, 6.45) is 3.35. The Morgan fingerprint density at radius 2 is 1.73 bits per heavy atom. The molecule has 11 heteroatoms. The smallest absolute Gasteiger partial charge is 0.254 e. The minimum absolute atomic E-state index is 0.0887. The Kier molecular flexibility index (Phi) is 6.43. The van der Waals surface area contributed by atoms with Crippen LogP contribution in [0.4, 0.5) is 5.95 Å². The van der Waals surface area contributed by atoms with Crippen LogP contribution < -0.4 is 10.5 Å². The molecule has 3 heterocycles. The molecule has 1 amide bonds. The number of carbonyl (C=O) groups excluding carboxylic acids is 1. The minimum Gasteiger partial charge on any atom is -0.337 e. The summed E-state index contributed by atoms with van der Waals surface area (Å²) >= 11 is 0. The lowest BCUT2D eigenvalue weighted by atomic mass is 10.1. The Hall–Kier alpha value is -3.31. The summed E-state index contributed by atoms with van der Waals surface area (Å²) in [6.45, 7) is 6.19. The highest BCUT2D eigenvalue weighted by molar-refractivity contribution is 7.89. The fraction of sp³-hybridized carbons (Fsp3) is 0.364. The molecule has 10 nitrogen and oxygen atoms in total. The summed E-state index contributed by atoms with van der Waals surface area (Å²) in [4.78, 5) is 40.6. The van der Waals surface area contributed by atoms with Crippen molar-refractivity contribution in [3.8, 4) is 0 Å². The van der Waals surface area contributed by atoms with E-state index in [1.54, 1.807) is 37.2 Å². The van der Waals surface area contributed by atoms with Gasteiger partial charge in [0, 0.05) is 68.6 Å². The van der Waals surface area contributed by atoms with Crippen molar-refractivity contribution in [1.29, 1.82) is 0 Å². The van der Waals surface area contributed by atoms with Gasteiger partial charge in [0.1, 0.15) is 0 Å². The first-order chi connectivity index (χ1) is 15.8. The van der Waals surface area contributed by atoms with Gasteiger partial charge in [-0.2, -0.15) is 4.31 Å². The number of hydrogen-bond donors (Lipinski definition) is 1. The Bertz CT molecular complexity index is 1310. The van der Waals surface area contributed by atoms with Crippen molar-refractivity contribution in [1.82, 2.24) is 24.2 Å². The Morgan fingerprint density at radius 3 is 2.36 bits per heavy atom. The normalized spacial score (nSPS) is 14.8. The summed E-state index contributed by atoms with van der Waals surface area (Å²) < 4.78 is 27.4. The molecule has 0 saturated carbocycles. The number of H-pyrrole nitrogens is 1. The van der Waals surface area contributed by atoms with Crippen molar-refractivity contribution in [2.45, 2.75) is 18.7 Å². The van der Waals surface area contributed by atoms with Crippen LogP contribution in [-0.2, 0) is 10.0 Å². The molecule has 0 spiro atoms. The first-order valence-corrected chi connectivity index (χ1v) is 12.3. The third-order valence-electron chi connectivity index (χ3n) is 5.79. The van der Waals surface area contributed by atoms with Crippen LogP contribution in [0.1, 0.15) is 24.2 Å². The molecule has 1 N–H and O–H groups in total. The van der Waals surface area contributed by atoms with Crippen molar-refractivity contribution in [3.63, 3.8) is 0 Å². The largest absolute Gasteiger partial charge is 0.337 e. The average Bonchev–Trinajstić information content (AvgIpc) is 2.84. The zero-order chi connectivity index (χ0) is 23.6. The number of pyridine rings is 1. The number of hydrogen-bond acceptors (Lipinski definition) is 7. The molecule has 1 saturated heterocycles. The van der Waals surface area contributed by atoms with Crippen molar-refractivity contribution >= 4 is 32.8 Å². The predicted molar refractivity (Wildman–Crippen MR) is 125 cm³/mol. The first-order valence-electron chi connectivity index (χ1n) is 10.8. The number of fused-ring (bicyclic) bond motifs is 1. The number of carbonyl (C=O) groups is 1. The number of anilines is 1. The molecular formula is C22H26N6O4S. The fourth-order valence-electron chi connectivity index (χ4n) is 4.02. The Morgan fingerprint density at radius 1 is 1.06 bits per heavy atom. The third kappa shape index (κ3) is 4.46. The highest BCUT2D eigenvalue weighted by Crippen LogP contribution is 2.24. The lowest BCUT2D eigenvalue weighted by Gasteiger charge is -2.34. The fourth-order valence-corrected chi connectivity index (χ4v) is 5.50. The van der Waals surface area contributed by atoms with Gasteiger partial charge in [0.2, 0.25) is 21.5 Å². The van der Waals surface area contributed by atoms with Crippen molar-refractivity contribution in [2.24, 2.45) is 0 Å². The lowest BCUT2D eigenvalue weighted by molar-refractivity contribution is 0.0748. The highest BCUT2D eigenvalue weighted by Gasteiger charge is 2.27. The molecular weight excluding hydrogens is 444 g/mol. The van der Waals surface area contributed by atoms with E-state index in [4.69, 9.17) is 0 Å². The number of rotatable bonds is 6. The highest BCUT2D eigenvalue weighted by atomic mass is 32.2.